The number of nitrogens with one attached hydrogen (secondary N) is 1. The summed E-state index contributed by atoms with van der Waals surface area (Å²) in [5.41, 5.74) is 2.25. The fourth-order valence-corrected chi connectivity index (χ4v) is 3.59. The summed E-state index contributed by atoms with van der Waals surface area (Å²) in [7, 11) is 0. The highest BCUT2D eigenvalue weighted by Crippen LogP contribution is 2.33. The van der Waals surface area contributed by atoms with Gasteiger partial charge in [-0.3, -0.25) is 4.57 Å². The molecule has 0 saturated carbocycles. The van der Waals surface area contributed by atoms with E-state index in [1.54, 1.807) is 0 Å². The number of hydrogen-bond acceptors (Lipinski definition) is 4. The number of ether oxygens (including phenoxy) is 1. The lowest BCUT2D eigenvalue weighted by Crippen LogP contribution is -2.19. The molecule has 1 N–H and O–H groups in total. The van der Waals surface area contributed by atoms with E-state index < -0.39 is 0 Å². The van der Waals surface area contributed by atoms with E-state index in [1.807, 2.05) is 22.9 Å². The average molecular weight is 430 g/mol. The summed E-state index contributed by atoms with van der Waals surface area (Å²) in [4.78, 5) is 16.6. The van der Waals surface area contributed by atoms with Crippen LogP contribution in [0.5, 0.6) is 0 Å². The number of H-pyrrole nitrogens is 1. The van der Waals surface area contributed by atoms with E-state index in [2.05, 4.69) is 42.5 Å². The Morgan fingerprint density at radius 3 is 2.95 bits per heavy atom. The van der Waals surface area contributed by atoms with Gasteiger partial charge >= 0.3 is 0 Å². The summed E-state index contributed by atoms with van der Waals surface area (Å²) in [6.45, 7) is 0.754. The number of fused-ring (bicyclic) bond motifs is 1. The van der Waals surface area contributed by atoms with Crippen molar-refractivity contribution in [3.05, 3.63) is 27.3 Å². The van der Waals surface area contributed by atoms with Gasteiger partial charge in [0.2, 0.25) is 0 Å². The third-order valence-electron chi connectivity index (χ3n) is 3.75. The highest BCUT2D eigenvalue weighted by Gasteiger charge is 2.25. The van der Waals surface area contributed by atoms with E-state index >= 15 is 0 Å². The molecule has 0 bridgehead atoms. The molecule has 1 saturated heterocycles. The molecule has 6 nitrogen and oxygen atoms in total. The minimum Gasteiger partial charge on any atom is -0.359 e. The molecule has 3 aromatic heterocycles. The van der Waals surface area contributed by atoms with Gasteiger partial charge in [0.05, 0.1) is 5.69 Å². The number of halogens is 2. The Hall–Kier alpha value is -1.19. The van der Waals surface area contributed by atoms with Gasteiger partial charge in [0.15, 0.2) is 20.5 Å². The van der Waals surface area contributed by atoms with Gasteiger partial charge in [-0.2, -0.15) is 0 Å². The molecular formula is C14H13ClIN5O. The highest BCUT2D eigenvalue weighted by molar-refractivity contribution is 14.1. The highest BCUT2D eigenvalue weighted by atomic mass is 127. The van der Waals surface area contributed by atoms with E-state index in [1.165, 1.54) is 0 Å². The zero-order chi connectivity index (χ0) is 15.1. The van der Waals surface area contributed by atoms with Crippen LogP contribution in [0.3, 0.4) is 0 Å². The van der Waals surface area contributed by atoms with Crippen molar-refractivity contribution in [2.24, 2.45) is 0 Å². The topological polar surface area (TPSA) is 68.6 Å². The molecule has 0 aliphatic carbocycles. The number of aromatic amines is 1. The van der Waals surface area contributed by atoms with Gasteiger partial charge in [-0.1, -0.05) is 11.6 Å². The number of hydrogen-bond donors (Lipinski definition) is 1. The Balaban J connectivity index is 1.98. The Bertz CT molecular complexity index is 810. The third kappa shape index (κ3) is 2.40. The maximum absolute atomic E-state index is 6.27. The van der Waals surface area contributed by atoms with Gasteiger partial charge < -0.3 is 9.72 Å². The molecule has 1 fully saturated rings. The van der Waals surface area contributed by atoms with Gasteiger partial charge in [-0.05, 0) is 31.4 Å². The first-order chi connectivity index (χ1) is 10.7. The van der Waals surface area contributed by atoms with E-state index in [4.69, 9.17) is 16.3 Å². The largest absolute Gasteiger partial charge is 0.359 e. The lowest BCUT2D eigenvalue weighted by Gasteiger charge is -2.25. The third-order valence-corrected chi connectivity index (χ3v) is 4.50. The first kappa shape index (κ1) is 14.4. The van der Waals surface area contributed by atoms with Gasteiger partial charge in [0.1, 0.15) is 11.7 Å². The fraction of sp³-hybridized carbons (Fsp3) is 0.357. The smallest absolute Gasteiger partial charge is 0.194 e. The number of nitrogens with zero attached hydrogens (tertiary/aromatic N) is 4. The van der Waals surface area contributed by atoms with Crippen molar-refractivity contribution in [1.82, 2.24) is 24.5 Å². The number of aromatic nitrogens is 5. The Kier molecular flexibility index (Phi) is 3.79. The summed E-state index contributed by atoms with van der Waals surface area (Å²) in [6, 6.07) is 3.92. The van der Waals surface area contributed by atoms with Crippen molar-refractivity contribution in [3.8, 4) is 11.5 Å². The predicted molar refractivity (Wildman–Crippen MR) is 91.7 cm³/mol. The van der Waals surface area contributed by atoms with Crippen molar-refractivity contribution in [1.29, 1.82) is 0 Å². The lowest BCUT2D eigenvalue weighted by atomic mass is 10.2. The molecule has 0 aromatic carbocycles. The molecule has 114 valence electrons. The maximum Gasteiger partial charge on any atom is 0.194 e. The van der Waals surface area contributed by atoms with Gasteiger partial charge in [0.25, 0.3) is 0 Å². The second-order valence-electron chi connectivity index (χ2n) is 5.17. The molecule has 4 rings (SSSR count). The Morgan fingerprint density at radius 2 is 2.23 bits per heavy atom. The second kappa shape index (κ2) is 5.78. The Morgan fingerprint density at radius 1 is 1.32 bits per heavy atom. The van der Waals surface area contributed by atoms with Gasteiger partial charge in [-0.25, -0.2) is 15.0 Å². The minimum atomic E-state index is -0.0705. The van der Waals surface area contributed by atoms with Crippen molar-refractivity contribution < 1.29 is 4.74 Å². The Labute approximate surface area is 145 Å². The number of rotatable bonds is 2. The summed E-state index contributed by atoms with van der Waals surface area (Å²) in [5, 5.41) is 0.372. The van der Waals surface area contributed by atoms with Crippen LogP contribution in [0.4, 0.5) is 0 Å². The summed E-state index contributed by atoms with van der Waals surface area (Å²) in [6.07, 6.45) is 4.96. The van der Waals surface area contributed by atoms with Gasteiger partial charge in [-0.15, -0.1) is 0 Å². The molecule has 1 unspecified atom stereocenters. The van der Waals surface area contributed by atoms with Gasteiger partial charge in [0, 0.05) is 35.4 Å². The molecule has 0 radical (unpaired) electrons. The molecular weight excluding hydrogens is 417 g/mol. The van der Waals surface area contributed by atoms with Crippen molar-refractivity contribution >= 4 is 45.4 Å². The van der Waals surface area contributed by atoms with E-state index in [0.717, 1.165) is 43.0 Å². The quantitative estimate of drug-likeness (QED) is 0.382. The monoisotopic (exact) mass is 429 g/mol. The zero-order valence-electron chi connectivity index (χ0n) is 11.6. The summed E-state index contributed by atoms with van der Waals surface area (Å²) in [5.74, 6) is 0.783. The molecule has 22 heavy (non-hydrogen) atoms. The minimum absolute atomic E-state index is 0.0705. The van der Waals surface area contributed by atoms with Crippen LogP contribution < -0.4 is 0 Å². The molecule has 8 heteroatoms. The molecule has 0 amide bonds. The summed E-state index contributed by atoms with van der Waals surface area (Å²) >= 11 is 8.33. The predicted octanol–water partition coefficient (Wildman–Crippen LogP) is 3.78. The molecule has 1 atom stereocenters. The lowest BCUT2D eigenvalue weighted by molar-refractivity contribution is -0.0288. The standard InChI is InChI=1S/C14H13ClIN5O/c15-11-10-13(20-14(16)19-11)21(9-5-1-2-7-22-9)12(18-10)8-4-3-6-17-8/h3-4,6,9,17H,1-2,5,7H2. The van der Waals surface area contributed by atoms with Crippen molar-refractivity contribution in [3.63, 3.8) is 0 Å². The normalized spacial score (nSPS) is 18.9. The van der Waals surface area contributed by atoms with Crippen LogP contribution in [0, 0.1) is 3.83 Å². The van der Waals surface area contributed by atoms with Crippen LogP contribution in [-0.2, 0) is 4.74 Å². The van der Waals surface area contributed by atoms with Crippen LogP contribution in [0.15, 0.2) is 18.3 Å². The SMILES string of the molecule is Clc1nc(I)nc2c1nc(-c1ccc[nH]1)n2C1CCCCO1. The fourth-order valence-electron chi connectivity index (χ4n) is 2.78. The first-order valence-corrected chi connectivity index (χ1v) is 8.56. The van der Waals surface area contributed by atoms with Crippen molar-refractivity contribution in [2.75, 3.05) is 6.61 Å². The number of imidazole rings is 1. The molecule has 3 aromatic rings. The molecule has 4 heterocycles. The summed E-state index contributed by atoms with van der Waals surface area (Å²) < 4.78 is 8.59. The van der Waals surface area contributed by atoms with Crippen LogP contribution in [0.1, 0.15) is 25.5 Å². The van der Waals surface area contributed by atoms with Crippen molar-refractivity contribution in [2.45, 2.75) is 25.5 Å². The second-order valence-corrected chi connectivity index (χ2v) is 6.49. The average Bonchev–Trinajstić information content (AvgIpc) is 3.14. The zero-order valence-corrected chi connectivity index (χ0v) is 14.5. The van der Waals surface area contributed by atoms with Crippen LogP contribution in [0.2, 0.25) is 5.15 Å². The first-order valence-electron chi connectivity index (χ1n) is 7.10. The molecule has 1 aliphatic heterocycles. The maximum atomic E-state index is 6.27. The van der Waals surface area contributed by atoms with Crippen LogP contribution in [0.25, 0.3) is 22.7 Å². The van der Waals surface area contributed by atoms with E-state index in [-0.39, 0.29) is 6.23 Å². The molecule has 0 spiro atoms. The van der Waals surface area contributed by atoms with E-state index in [9.17, 15) is 0 Å². The molecule has 1 aliphatic rings. The van der Waals surface area contributed by atoms with E-state index in [0.29, 0.717) is 14.5 Å². The van der Waals surface area contributed by atoms with Crippen LogP contribution in [-0.4, -0.2) is 31.1 Å². The van der Waals surface area contributed by atoms with Crippen LogP contribution >= 0.6 is 34.2 Å².